The van der Waals surface area contributed by atoms with Gasteiger partial charge in [0, 0.05) is 0 Å². The molecule has 1 aliphatic carbocycles. The minimum Gasteiger partial charge on any atom is -0.480 e. The van der Waals surface area contributed by atoms with Crippen LogP contribution in [-0.4, -0.2) is 35.6 Å². The highest BCUT2D eigenvalue weighted by Crippen LogP contribution is 2.27. The summed E-state index contributed by atoms with van der Waals surface area (Å²) in [4.78, 5) is 12.6. The molecular weight excluding hydrogens is 178 g/mol. The van der Waals surface area contributed by atoms with Crippen molar-refractivity contribution in [2.24, 2.45) is 5.92 Å². The van der Waals surface area contributed by atoms with Crippen LogP contribution >= 0.6 is 0 Å². The van der Waals surface area contributed by atoms with Crippen LogP contribution in [0.1, 0.15) is 39.0 Å². The summed E-state index contributed by atoms with van der Waals surface area (Å²) < 4.78 is 0. The van der Waals surface area contributed by atoms with E-state index in [2.05, 4.69) is 0 Å². The SMILES string of the molecule is CC(C(=O)O)N(C)CCC1CCCC1. The highest BCUT2D eigenvalue weighted by atomic mass is 16.4. The predicted octanol–water partition coefficient (Wildman–Crippen LogP) is 1.97. The van der Waals surface area contributed by atoms with Gasteiger partial charge in [0.15, 0.2) is 0 Å². The maximum Gasteiger partial charge on any atom is 0.320 e. The van der Waals surface area contributed by atoms with E-state index >= 15 is 0 Å². The molecule has 0 amide bonds. The quantitative estimate of drug-likeness (QED) is 0.736. The topological polar surface area (TPSA) is 40.5 Å². The van der Waals surface area contributed by atoms with Crippen LogP contribution in [0.3, 0.4) is 0 Å². The van der Waals surface area contributed by atoms with Gasteiger partial charge in [-0.3, -0.25) is 9.69 Å². The average Bonchev–Trinajstić information content (AvgIpc) is 2.65. The summed E-state index contributed by atoms with van der Waals surface area (Å²) >= 11 is 0. The fourth-order valence-corrected chi connectivity index (χ4v) is 2.07. The maximum atomic E-state index is 10.7. The molecule has 3 heteroatoms. The summed E-state index contributed by atoms with van der Waals surface area (Å²) in [6.07, 6.45) is 6.57. The van der Waals surface area contributed by atoms with Crippen LogP contribution in [0.25, 0.3) is 0 Å². The Kier molecular flexibility index (Phi) is 4.39. The lowest BCUT2D eigenvalue weighted by atomic mass is 10.0. The first-order valence-corrected chi connectivity index (χ1v) is 5.54. The van der Waals surface area contributed by atoms with Crippen molar-refractivity contribution in [3.63, 3.8) is 0 Å². The molecule has 0 aliphatic heterocycles. The molecule has 82 valence electrons. The number of nitrogens with zero attached hydrogens (tertiary/aromatic N) is 1. The second kappa shape index (κ2) is 5.35. The third-order valence-electron chi connectivity index (χ3n) is 3.38. The third-order valence-corrected chi connectivity index (χ3v) is 3.38. The summed E-state index contributed by atoms with van der Waals surface area (Å²) in [7, 11) is 1.90. The number of likely N-dealkylation sites (N-methyl/N-ethyl adjacent to an activating group) is 1. The van der Waals surface area contributed by atoms with Gasteiger partial charge in [0.25, 0.3) is 0 Å². The normalized spacial score (nSPS) is 20.2. The van der Waals surface area contributed by atoms with E-state index in [9.17, 15) is 4.79 Å². The minimum atomic E-state index is -0.723. The van der Waals surface area contributed by atoms with Gasteiger partial charge in [-0.1, -0.05) is 25.7 Å². The minimum absolute atomic E-state index is 0.351. The number of carbonyl (C=O) groups is 1. The van der Waals surface area contributed by atoms with Crippen LogP contribution in [0.15, 0.2) is 0 Å². The molecule has 0 radical (unpaired) electrons. The lowest BCUT2D eigenvalue weighted by molar-refractivity contribution is -0.142. The van der Waals surface area contributed by atoms with Crippen molar-refractivity contribution in [3.05, 3.63) is 0 Å². The Morgan fingerprint density at radius 2 is 2.07 bits per heavy atom. The molecule has 1 saturated carbocycles. The van der Waals surface area contributed by atoms with Crippen LogP contribution in [0.2, 0.25) is 0 Å². The van der Waals surface area contributed by atoms with E-state index in [1.165, 1.54) is 25.7 Å². The van der Waals surface area contributed by atoms with Crippen LogP contribution in [0.5, 0.6) is 0 Å². The molecule has 1 aliphatic rings. The van der Waals surface area contributed by atoms with E-state index in [1.807, 2.05) is 11.9 Å². The van der Waals surface area contributed by atoms with Crippen molar-refractivity contribution in [3.8, 4) is 0 Å². The van der Waals surface area contributed by atoms with Crippen molar-refractivity contribution < 1.29 is 9.90 Å². The molecule has 14 heavy (non-hydrogen) atoms. The number of carboxylic acids is 1. The molecule has 1 unspecified atom stereocenters. The Morgan fingerprint density at radius 1 is 1.50 bits per heavy atom. The van der Waals surface area contributed by atoms with Gasteiger partial charge in [-0.15, -0.1) is 0 Å². The largest absolute Gasteiger partial charge is 0.480 e. The molecule has 0 aromatic carbocycles. The molecule has 1 atom stereocenters. The number of hydrogen-bond acceptors (Lipinski definition) is 2. The van der Waals surface area contributed by atoms with Crippen molar-refractivity contribution >= 4 is 5.97 Å². The highest BCUT2D eigenvalue weighted by Gasteiger charge is 2.19. The fourth-order valence-electron chi connectivity index (χ4n) is 2.07. The van der Waals surface area contributed by atoms with Crippen molar-refractivity contribution in [1.82, 2.24) is 4.90 Å². The van der Waals surface area contributed by atoms with Crippen LogP contribution < -0.4 is 0 Å². The number of carboxylic acid groups (broad SMARTS) is 1. The second-order valence-corrected chi connectivity index (χ2v) is 4.43. The summed E-state index contributed by atoms with van der Waals surface area (Å²) in [5.74, 6) is 0.123. The van der Waals surface area contributed by atoms with E-state index in [0.29, 0.717) is 0 Å². The first-order valence-electron chi connectivity index (χ1n) is 5.54. The summed E-state index contributed by atoms with van der Waals surface area (Å²) in [5, 5.41) is 8.80. The zero-order valence-electron chi connectivity index (χ0n) is 9.20. The first kappa shape index (κ1) is 11.5. The van der Waals surface area contributed by atoms with Crippen LogP contribution in [-0.2, 0) is 4.79 Å². The smallest absolute Gasteiger partial charge is 0.320 e. The first-order chi connectivity index (χ1) is 6.61. The zero-order chi connectivity index (χ0) is 10.6. The molecule has 0 spiro atoms. The van der Waals surface area contributed by atoms with E-state index in [1.54, 1.807) is 6.92 Å². The Labute approximate surface area is 86.1 Å². The number of aliphatic carboxylic acids is 1. The zero-order valence-corrected chi connectivity index (χ0v) is 9.20. The molecular formula is C11H21NO2. The molecule has 1 rings (SSSR count). The molecule has 0 aromatic heterocycles. The van der Waals surface area contributed by atoms with Gasteiger partial charge in [-0.05, 0) is 32.9 Å². The van der Waals surface area contributed by atoms with Gasteiger partial charge in [0.05, 0.1) is 0 Å². The van der Waals surface area contributed by atoms with Crippen molar-refractivity contribution in [2.45, 2.75) is 45.1 Å². The maximum absolute atomic E-state index is 10.7. The van der Waals surface area contributed by atoms with Gasteiger partial charge >= 0.3 is 5.97 Å². The summed E-state index contributed by atoms with van der Waals surface area (Å²) in [6, 6.07) is -0.351. The Morgan fingerprint density at radius 3 is 2.57 bits per heavy atom. The third kappa shape index (κ3) is 3.29. The molecule has 3 nitrogen and oxygen atoms in total. The van der Waals surface area contributed by atoms with Gasteiger partial charge in [-0.2, -0.15) is 0 Å². The van der Waals surface area contributed by atoms with Gasteiger partial charge in [-0.25, -0.2) is 0 Å². The Balaban J connectivity index is 2.19. The number of hydrogen-bond donors (Lipinski definition) is 1. The Bertz CT molecular complexity index is 188. The molecule has 1 N–H and O–H groups in total. The molecule has 1 fully saturated rings. The fraction of sp³-hybridized carbons (Fsp3) is 0.909. The second-order valence-electron chi connectivity index (χ2n) is 4.43. The van der Waals surface area contributed by atoms with E-state index in [4.69, 9.17) is 5.11 Å². The molecule has 0 saturated heterocycles. The standard InChI is InChI=1S/C11H21NO2/c1-9(11(13)14)12(2)8-7-10-5-3-4-6-10/h9-10H,3-8H2,1-2H3,(H,13,14). The lowest BCUT2D eigenvalue weighted by Gasteiger charge is -2.22. The van der Waals surface area contributed by atoms with E-state index in [-0.39, 0.29) is 6.04 Å². The van der Waals surface area contributed by atoms with E-state index < -0.39 is 5.97 Å². The molecule has 0 heterocycles. The average molecular weight is 199 g/mol. The molecule has 0 aromatic rings. The van der Waals surface area contributed by atoms with Crippen molar-refractivity contribution in [2.75, 3.05) is 13.6 Å². The monoisotopic (exact) mass is 199 g/mol. The predicted molar refractivity (Wildman–Crippen MR) is 56.3 cm³/mol. The van der Waals surface area contributed by atoms with Gasteiger partial charge in [0.1, 0.15) is 6.04 Å². The Hall–Kier alpha value is -0.570. The number of rotatable bonds is 5. The van der Waals surface area contributed by atoms with Gasteiger partial charge < -0.3 is 5.11 Å². The lowest BCUT2D eigenvalue weighted by Crippen LogP contribution is -2.36. The van der Waals surface area contributed by atoms with E-state index in [0.717, 1.165) is 18.9 Å². The van der Waals surface area contributed by atoms with Crippen molar-refractivity contribution in [1.29, 1.82) is 0 Å². The van der Waals surface area contributed by atoms with Gasteiger partial charge in [0.2, 0.25) is 0 Å². The van der Waals surface area contributed by atoms with Crippen LogP contribution in [0, 0.1) is 5.92 Å². The summed E-state index contributed by atoms with van der Waals surface area (Å²) in [6.45, 7) is 2.66. The molecule has 0 bridgehead atoms. The van der Waals surface area contributed by atoms with Crippen LogP contribution in [0.4, 0.5) is 0 Å². The highest BCUT2D eigenvalue weighted by molar-refractivity contribution is 5.72. The summed E-state index contributed by atoms with van der Waals surface area (Å²) in [5.41, 5.74) is 0.